The molecule has 0 saturated carbocycles. The summed E-state index contributed by atoms with van der Waals surface area (Å²) in [4.78, 5) is 12.7. The van der Waals surface area contributed by atoms with Crippen LogP contribution in [0.15, 0.2) is 71.6 Å². The number of methoxy groups -OCH3 is 3. The highest BCUT2D eigenvalue weighted by atomic mass is 32.2. The molecule has 0 aliphatic carbocycles. The molecular weight excluding hydrogens is 444 g/mol. The lowest BCUT2D eigenvalue weighted by Crippen LogP contribution is -2.27. The van der Waals surface area contributed by atoms with Crippen molar-refractivity contribution in [1.82, 2.24) is 4.72 Å². The van der Waals surface area contributed by atoms with Gasteiger partial charge in [0.05, 0.1) is 21.3 Å². The molecule has 3 aromatic rings. The van der Waals surface area contributed by atoms with E-state index >= 15 is 0 Å². The van der Waals surface area contributed by atoms with E-state index < -0.39 is 15.9 Å². The number of hydrogen-bond donors (Lipinski definition) is 2. The fourth-order valence-electron chi connectivity index (χ4n) is 3.20. The Bertz CT molecular complexity index is 1210. The second-order valence-electron chi connectivity index (χ2n) is 7.02. The summed E-state index contributed by atoms with van der Waals surface area (Å²) in [7, 11) is 0.476. The summed E-state index contributed by atoms with van der Waals surface area (Å²) in [6, 6.07) is 18.7. The predicted molar refractivity (Wildman–Crippen MR) is 126 cm³/mol. The number of hydrogen-bond acceptors (Lipinski definition) is 6. The number of carbonyl (C=O) groups is 1. The lowest BCUT2D eigenvalue weighted by molar-refractivity contribution is 0.102. The van der Waals surface area contributed by atoms with Gasteiger partial charge in [-0.05, 0) is 42.3 Å². The van der Waals surface area contributed by atoms with Gasteiger partial charge in [0.1, 0.15) is 10.6 Å². The fourth-order valence-corrected chi connectivity index (χ4v) is 4.42. The van der Waals surface area contributed by atoms with E-state index in [9.17, 15) is 13.2 Å². The topological polar surface area (TPSA) is 103 Å². The van der Waals surface area contributed by atoms with Gasteiger partial charge < -0.3 is 19.5 Å². The Hall–Kier alpha value is -3.56. The third kappa shape index (κ3) is 6.03. The molecule has 3 rings (SSSR count). The molecule has 9 heteroatoms. The maximum absolute atomic E-state index is 12.9. The molecule has 8 nitrogen and oxygen atoms in total. The molecule has 3 aromatic carbocycles. The molecule has 0 spiro atoms. The Morgan fingerprint density at radius 3 is 2.15 bits per heavy atom. The Labute approximate surface area is 193 Å². The van der Waals surface area contributed by atoms with E-state index in [4.69, 9.17) is 14.2 Å². The molecule has 0 radical (unpaired) electrons. The zero-order valence-corrected chi connectivity index (χ0v) is 19.4. The number of amides is 1. The van der Waals surface area contributed by atoms with Gasteiger partial charge in [0.25, 0.3) is 5.91 Å². The van der Waals surface area contributed by atoms with Gasteiger partial charge in [-0.15, -0.1) is 0 Å². The van der Waals surface area contributed by atoms with Crippen LogP contribution in [-0.2, 0) is 16.4 Å². The van der Waals surface area contributed by atoms with E-state index in [1.54, 1.807) is 18.2 Å². The smallest absolute Gasteiger partial charge is 0.255 e. The molecule has 0 aliphatic rings. The van der Waals surface area contributed by atoms with Crippen molar-refractivity contribution in [2.45, 2.75) is 11.3 Å². The van der Waals surface area contributed by atoms with Crippen LogP contribution in [-0.4, -0.2) is 42.2 Å². The number of anilines is 1. The molecule has 174 valence electrons. The molecule has 0 fully saturated rings. The van der Waals surface area contributed by atoms with Crippen LogP contribution in [0, 0.1) is 0 Å². The minimum absolute atomic E-state index is 0.113. The summed E-state index contributed by atoms with van der Waals surface area (Å²) < 4.78 is 44.1. The first-order valence-electron chi connectivity index (χ1n) is 10.1. The molecule has 2 N–H and O–H groups in total. The monoisotopic (exact) mass is 470 g/mol. The van der Waals surface area contributed by atoms with Gasteiger partial charge in [-0.2, -0.15) is 0 Å². The van der Waals surface area contributed by atoms with Crippen molar-refractivity contribution in [3.05, 3.63) is 77.9 Å². The molecular formula is C24H26N2O6S. The first-order valence-corrected chi connectivity index (χ1v) is 11.6. The van der Waals surface area contributed by atoms with Crippen molar-refractivity contribution in [3.63, 3.8) is 0 Å². The van der Waals surface area contributed by atoms with E-state index in [1.807, 2.05) is 30.3 Å². The van der Waals surface area contributed by atoms with Gasteiger partial charge in [-0.25, -0.2) is 13.1 Å². The molecule has 0 aliphatic heterocycles. The van der Waals surface area contributed by atoms with Crippen LogP contribution in [0.4, 0.5) is 5.69 Å². The largest absolute Gasteiger partial charge is 0.495 e. The highest BCUT2D eigenvalue weighted by Crippen LogP contribution is 2.30. The Kier molecular flexibility index (Phi) is 7.92. The van der Waals surface area contributed by atoms with Gasteiger partial charge in [-0.1, -0.05) is 30.3 Å². The van der Waals surface area contributed by atoms with Gasteiger partial charge in [-0.3, -0.25) is 4.79 Å². The second kappa shape index (κ2) is 10.8. The number of nitrogens with one attached hydrogen (secondary N) is 2. The summed E-state index contributed by atoms with van der Waals surface area (Å²) in [5, 5.41) is 2.73. The maximum atomic E-state index is 12.9. The molecule has 0 atom stereocenters. The van der Waals surface area contributed by atoms with Crippen LogP contribution in [0.5, 0.6) is 17.2 Å². The highest BCUT2D eigenvalue weighted by Gasteiger charge is 2.21. The molecule has 0 unspecified atom stereocenters. The quantitative estimate of drug-likeness (QED) is 0.470. The Morgan fingerprint density at radius 2 is 1.48 bits per heavy atom. The predicted octanol–water partition coefficient (Wildman–Crippen LogP) is 3.49. The van der Waals surface area contributed by atoms with E-state index in [0.717, 1.165) is 5.56 Å². The van der Waals surface area contributed by atoms with Crippen LogP contribution >= 0.6 is 0 Å². The normalized spacial score (nSPS) is 11.0. The minimum Gasteiger partial charge on any atom is -0.495 e. The average Bonchev–Trinajstić information content (AvgIpc) is 2.84. The first-order chi connectivity index (χ1) is 15.9. The molecule has 33 heavy (non-hydrogen) atoms. The summed E-state index contributed by atoms with van der Waals surface area (Å²) >= 11 is 0. The van der Waals surface area contributed by atoms with Crippen molar-refractivity contribution < 1.29 is 27.4 Å². The van der Waals surface area contributed by atoms with E-state index in [-0.39, 0.29) is 22.8 Å². The number of benzene rings is 3. The lowest BCUT2D eigenvalue weighted by Gasteiger charge is -2.13. The van der Waals surface area contributed by atoms with Crippen LogP contribution in [0.2, 0.25) is 0 Å². The summed E-state index contributed by atoms with van der Waals surface area (Å²) in [6.07, 6.45) is 0.530. The van der Waals surface area contributed by atoms with E-state index in [2.05, 4.69) is 10.0 Å². The van der Waals surface area contributed by atoms with Crippen molar-refractivity contribution >= 4 is 21.6 Å². The third-order valence-corrected chi connectivity index (χ3v) is 6.39. The highest BCUT2D eigenvalue weighted by molar-refractivity contribution is 7.89. The number of rotatable bonds is 10. The second-order valence-corrected chi connectivity index (χ2v) is 8.76. The van der Waals surface area contributed by atoms with E-state index in [0.29, 0.717) is 23.6 Å². The van der Waals surface area contributed by atoms with Crippen molar-refractivity contribution in [2.24, 2.45) is 0 Å². The number of ether oxygens (including phenoxy) is 3. The summed E-state index contributed by atoms with van der Waals surface area (Å²) in [6.45, 7) is 0.206. The SMILES string of the molecule is COc1ccc(NC(=O)c2ccc(OC)c(S(=O)(=O)NCCc3ccccc3)c2)cc1OC. The van der Waals surface area contributed by atoms with Gasteiger partial charge in [0.2, 0.25) is 10.0 Å². The zero-order valence-electron chi connectivity index (χ0n) is 18.6. The molecule has 0 aromatic heterocycles. The Balaban J connectivity index is 1.78. The zero-order chi connectivity index (χ0) is 23.8. The molecule has 0 bridgehead atoms. The van der Waals surface area contributed by atoms with Crippen molar-refractivity contribution in [1.29, 1.82) is 0 Å². The Morgan fingerprint density at radius 1 is 0.818 bits per heavy atom. The van der Waals surface area contributed by atoms with E-state index in [1.165, 1.54) is 39.5 Å². The minimum atomic E-state index is -3.91. The fraction of sp³-hybridized carbons (Fsp3) is 0.208. The molecule has 0 saturated heterocycles. The third-order valence-electron chi connectivity index (χ3n) is 4.91. The van der Waals surface area contributed by atoms with Gasteiger partial charge in [0.15, 0.2) is 11.5 Å². The molecule has 0 heterocycles. The van der Waals surface area contributed by atoms with Crippen LogP contribution in [0.1, 0.15) is 15.9 Å². The first kappa shape index (κ1) is 24.1. The standard InChI is InChI=1S/C24H26N2O6S/c1-30-20-12-10-19(16-22(20)32-3)26-24(27)18-9-11-21(31-2)23(15-18)33(28,29)25-14-13-17-7-5-4-6-8-17/h4-12,15-16,25H,13-14H2,1-3H3,(H,26,27). The molecule has 1 amide bonds. The summed E-state index contributed by atoms with van der Waals surface area (Å²) in [5.74, 6) is 0.640. The van der Waals surface area contributed by atoms with Gasteiger partial charge in [0, 0.05) is 23.9 Å². The maximum Gasteiger partial charge on any atom is 0.255 e. The van der Waals surface area contributed by atoms with Crippen molar-refractivity contribution in [2.75, 3.05) is 33.2 Å². The van der Waals surface area contributed by atoms with Crippen LogP contribution in [0.25, 0.3) is 0 Å². The van der Waals surface area contributed by atoms with Crippen molar-refractivity contribution in [3.8, 4) is 17.2 Å². The van der Waals surface area contributed by atoms with Crippen LogP contribution < -0.4 is 24.2 Å². The summed E-state index contributed by atoms with van der Waals surface area (Å²) in [5.41, 5.74) is 1.64. The average molecular weight is 471 g/mol. The number of carbonyl (C=O) groups excluding carboxylic acids is 1. The lowest BCUT2D eigenvalue weighted by atomic mass is 10.2. The van der Waals surface area contributed by atoms with Gasteiger partial charge >= 0.3 is 0 Å². The van der Waals surface area contributed by atoms with Crippen LogP contribution in [0.3, 0.4) is 0 Å². The number of sulfonamides is 1.